The average Bonchev–Trinajstić information content (AvgIpc) is 3.17. The second-order valence-corrected chi connectivity index (χ2v) is 9.39. The predicted molar refractivity (Wildman–Crippen MR) is 147 cm³/mol. The lowest BCUT2D eigenvalue weighted by Crippen LogP contribution is -2.44. The van der Waals surface area contributed by atoms with Crippen molar-refractivity contribution in [2.75, 3.05) is 43.4 Å². The van der Waals surface area contributed by atoms with Crippen LogP contribution in [-0.4, -0.2) is 60.3 Å². The van der Waals surface area contributed by atoms with Gasteiger partial charge < -0.3 is 25.2 Å². The molecule has 1 amide bonds. The third-order valence-electron chi connectivity index (χ3n) is 6.60. The van der Waals surface area contributed by atoms with Gasteiger partial charge in [-0.15, -0.1) is 0 Å². The first kappa shape index (κ1) is 23.6. The SMILES string of the molecule is CC(=O)Nc1cccc(Cc2ccc3[nH]c(O)c(C=Nc4ccc(N5CCN(C)CC5)cc4)c3c2)c1. The van der Waals surface area contributed by atoms with Gasteiger partial charge in [0.25, 0.3) is 0 Å². The maximum Gasteiger partial charge on any atom is 0.221 e. The maximum absolute atomic E-state index is 11.4. The average molecular weight is 482 g/mol. The molecule has 2 heterocycles. The van der Waals surface area contributed by atoms with Gasteiger partial charge in [0.15, 0.2) is 5.88 Å². The summed E-state index contributed by atoms with van der Waals surface area (Å²) < 4.78 is 0. The monoisotopic (exact) mass is 481 g/mol. The third-order valence-corrected chi connectivity index (χ3v) is 6.60. The van der Waals surface area contributed by atoms with E-state index >= 15 is 0 Å². The number of hydrogen-bond acceptors (Lipinski definition) is 5. The first-order chi connectivity index (χ1) is 17.4. The van der Waals surface area contributed by atoms with Crippen LogP contribution in [-0.2, 0) is 11.2 Å². The van der Waals surface area contributed by atoms with Gasteiger partial charge in [-0.05, 0) is 73.1 Å². The van der Waals surface area contributed by atoms with Gasteiger partial charge in [-0.1, -0.05) is 18.2 Å². The fraction of sp³-hybridized carbons (Fsp3) is 0.241. The Kier molecular flexibility index (Phi) is 6.73. The number of benzene rings is 3. The molecule has 0 aliphatic carbocycles. The number of aliphatic imine (C=N–C) groups is 1. The molecule has 1 fully saturated rings. The van der Waals surface area contributed by atoms with Crippen molar-refractivity contribution in [1.82, 2.24) is 9.88 Å². The van der Waals surface area contributed by atoms with Crippen LogP contribution >= 0.6 is 0 Å². The Morgan fingerprint density at radius 2 is 1.78 bits per heavy atom. The first-order valence-corrected chi connectivity index (χ1v) is 12.2. The van der Waals surface area contributed by atoms with Gasteiger partial charge in [0.05, 0.1) is 11.3 Å². The summed E-state index contributed by atoms with van der Waals surface area (Å²) in [6.45, 7) is 5.71. The van der Waals surface area contributed by atoms with Crippen molar-refractivity contribution in [2.24, 2.45) is 4.99 Å². The molecule has 184 valence electrons. The molecule has 1 saturated heterocycles. The first-order valence-electron chi connectivity index (χ1n) is 12.2. The highest BCUT2D eigenvalue weighted by molar-refractivity contribution is 6.02. The number of likely N-dealkylation sites (N-methyl/N-ethyl adjacent to an activating group) is 1. The molecule has 0 radical (unpaired) electrons. The molecular formula is C29H31N5O2. The Hall–Kier alpha value is -4.10. The van der Waals surface area contributed by atoms with Crippen LogP contribution in [0.4, 0.5) is 17.1 Å². The van der Waals surface area contributed by atoms with Crippen LogP contribution in [0.5, 0.6) is 5.88 Å². The van der Waals surface area contributed by atoms with Gasteiger partial charge in [0.1, 0.15) is 0 Å². The number of carbonyl (C=O) groups excluding carboxylic acids is 1. The summed E-state index contributed by atoms with van der Waals surface area (Å²) in [5.74, 6) is 0.0156. The van der Waals surface area contributed by atoms with Gasteiger partial charge in [-0.2, -0.15) is 0 Å². The third kappa shape index (κ3) is 5.42. The van der Waals surface area contributed by atoms with Crippen molar-refractivity contribution in [2.45, 2.75) is 13.3 Å². The minimum atomic E-state index is -0.0886. The topological polar surface area (TPSA) is 84.0 Å². The largest absolute Gasteiger partial charge is 0.494 e. The van der Waals surface area contributed by atoms with E-state index in [1.54, 1.807) is 6.21 Å². The fourth-order valence-electron chi connectivity index (χ4n) is 4.64. The van der Waals surface area contributed by atoms with Gasteiger partial charge in [0.2, 0.25) is 5.91 Å². The van der Waals surface area contributed by atoms with Crippen molar-refractivity contribution in [3.63, 3.8) is 0 Å². The molecule has 1 aromatic heterocycles. The molecule has 7 nitrogen and oxygen atoms in total. The molecule has 1 aliphatic rings. The van der Waals surface area contributed by atoms with E-state index in [1.807, 2.05) is 48.5 Å². The summed E-state index contributed by atoms with van der Waals surface area (Å²) in [5.41, 5.74) is 6.56. The number of H-pyrrole nitrogens is 1. The van der Waals surface area contributed by atoms with E-state index in [0.717, 1.165) is 59.6 Å². The number of hydrogen-bond donors (Lipinski definition) is 3. The molecule has 0 spiro atoms. The van der Waals surface area contributed by atoms with E-state index < -0.39 is 0 Å². The molecule has 0 bridgehead atoms. The van der Waals surface area contributed by atoms with Gasteiger partial charge in [-0.3, -0.25) is 9.79 Å². The summed E-state index contributed by atoms with van der Waals surface area (Å²) in [6.07, 6.45) is 2.43. The molecule has 7 heteroatoms. The summed E-state index contributed by atoms with van der Waals surface area (Å²) in [6, 6.07) is 22.2. The van der Waals surface area contributed by atoms with E-state index in [0.29, 0.717) is 12.0 Å². The molecule has 0 unspecified atom stereocenters. The molecular weight excluding hydrogens is 450 g/mol. The Labute approximate surface area is 211 Å². The lowest BCUT2D eigenvalue weighted by molar-refractivity contribution is -0.114. The second-order valence-electron chi connectivity index (χ2n) is 9.39. The van der Waals surface area contributed by atoms with Crippen LogP contribution in [0.2, 0.25) is 0 Å². The second kappa shape index (κ2) is 10.3. The molecule has 0 atom stereocenters. The fourth-order valence-corrected chi connectivity index (χ4v) is 4.64. The number of carbonyl (C=O) groups is 1. The Morgan fingerprint density at radius 3 is 2.53 bits per heavy atom. The van der Waals surface area contributed by atoms with Crippen molar-refractivity contribution in [1.29, 1.82) is 0 Å². The molecule has 4 aromatic rings. The lowest BCUT2D eigenvalue weighted by atomic mass is 10.0. The summed E-state index contributed by atoms with van der Waals surface area (Å²) in [4.78, 5) is 23.8. The molecule has 36 heavy (non-hydrogen) atoms. The number of anilines is 2. The van der Waals surface area contributed by atoms with Crippen LogP contribution in [0, 0.1) is 0 Å². The minimum absolute atomic E-state index is 0.0886. The zero-order valence-corrected chi connectivity index (χ0v) is 20.7. The van der Waals surface area contributed by atoms with E-state index in [4.69, 9.17) is 0 Å². The lowest BCUT2D eigenvalue weighted by Gasteiger charge is -2.34. The predicted octanol–water partition coefficient (Wildman–Crippen LogP) is 4.93. The highest BCUT2D eigenvalue weighted by Crippen LogP contribution is 2.29. The van der Waals surface area contributed by atoms with Crippen LogP contribution in [0.15, 0.2) is 71.7 Å². The smallest absolute Gasteiger partial charge is 0.221 e. The number of aromatic nitrogens is 1. The number of fused-ring (bicyclic) bond motifs is 1. The summed E-state index contributed by atoms with van der Waals surface area (Å²) in [5, 5.41) is 14.3. The van der Waals surface area contributed by atoms with Gasteiger partial charge in [-0.25, -0.2) is 0 Å². The molecule has 3 N–H and O–H groups in total. The van der Waals surface area contributed by atoms with Crippen LogP contribution in [0.25, 0.3) is 10.9 Å². The molecule has 3 aromatic carbocycles. The van der Waals surface area contributed by atoms with Crippen molar-refractivity contribution in [3.05, 3.63) is 83.4 Å². The van der Waals surface area contributed by atoms with Crippen molar-refractivity contribution in [3.8, 4) is 5.88 Å². The number of nitrogens with one attached hydrogen (secondary N) is 2. The van der Waals surface area contributed by atoms with Gasteiger partial charge in [0, 0.05) is 61.6 Å². The van der Waals surface area contributed by atoms with E-state index in [-0.39, 0.29) is 11.8 Å². The molecule has 5 rings (SSSR count). The maximum atomic E-state index is 11.4. The van der Waals surface area contributed by atoms with E-state index in [9.17, 15) is 9.90 Å². The number of piperazine rings is 1. The number of amides is 1. The van der Waals surface area contributed by atoms with Crippen LogP contribution < -0.4 is 10.2 Å². The quantitative estimate of drug-likeness (QED) is 0.341. The summed E-state index contributed by atoms with van der Waals surface area (Å²) in [7, 11) is 2.16. The molecule has 1 aliphatic heterocycles. The Morgan fingerprint density at radius 1 is 1.03 bits per heavy atom. The highest BCUT2D eigenvalue weighted by Gasteiger charge is 2.14. The standard InChI is InChI=1S/C29H31N5O2/c1-20(35)31-24-5-3-4-21(17-24)16-22-6-11-28-26(18-22)27(29(36)32-28)19-30-23-7-9-25(10-8-23)34-14-12-33(2)13-15-34/h3-11,17-19,32,36H,12-16H2,1-2H3,(H,31,35). The number of nitrogens with zero attached hydrogens (tertiary/aromatic N) is 3. The van der Waals surface area contributed by atoms with Crippen molar-refractivity contribution >= 4 is 40.1 Å². The summed E-state index contributed by atoms with van der Waals surface area (Å²) >= 11 is 0. The Balaban J connectivity index is 1.34. The van der Waals surface area contributed by atoms with E-state index in [1.165, 1.54) is 12.6 Å². The van der Waals surface area contributed by atoms with Gasteiger partial charge >= 0.3 is 0 Å². The minimum Gasteiger partial charge on any atom is -0.494 e. The zero-order valence-electron chi connectivity index (χ0n) is 20.7. The highest BCUT2D eigenvalue weighted by atomic mass is 16.3. The zero-order chi connectivity index (χ0) is 25.1. The van der Waals surface area contributed by atoms with Crippen molar-refractivity contribution < 1.29 is 9.90 Å². The number of aromatic hydroxyl groups is 1. The van der Waals surface area contributed by atoms with Crippen LogP contribution in [0.1, 0.15) is 23.6 Å². The number of aromatic amines is 1. The van der Waals surface area contributed by atoms with Crippen LogP contribution in [0.3, 0.4) is 0 Å². The number of rotatable bonds is 6. The Bertz CT molecular complexity index is 1400. The van der Waals surface area contributed by atoms with E-state index in [2.05, 4.69) is 50.3 Å². The normalized spacial score (nSPS) is 14.6. The molecule has 0 saturated carbocycles.